The summed E-state index contributed by atoms with van der Waals surface area (Å²) in [4.78, 5) is 5.25. The van der Waals surface area contributed by atoms with E-state index in [2.05, 4.69) is 61.0 Å². The summed E-state index contributed by atoms with van der Waals surface area (Å²) in [5, 5.41) is 3.65. The monoisotopic (exact) mass is 287 g/mol. The summed E-state index contributed by atoms with van der Waals surface area (Å²) in [6.07, 6.45) is 1.27. The van der Waals surface area contributed by atoms with Crippen molar-refractivity contribution in [2.45, 2.75) is 45.7 Å². The molecule has 0 saturated carbocycles. The molecule has 2 heterocycles. The van der Waals surface area contributed by atoms with E-state index in [0.29, 0.717) is 5.54 Å². The largest absolute Gasteiger partial charge is 0.369 e. The van der Waals surface area contributed by atoms with Crippen LogP contribution < -0.4 is 10.2 Å². The summed E-state index contributed by atoms with van der Waals surface area (Å²) >= 11 is 0. The predicted octanol–water partition coefficient (Wildman–Crippen LogP) is 2.57. The number of piperazine rings is 1. The Morgan fingerprint density at radius 3 is 2.43 bits per heavy atom. The van der Waals surface area contributed by atoms with Crippen LogP contribution in [0.3, 0.4) is 0 Å². The highest BCUT2D eigenvalue weighted by atomic mass is 15.3. The van der Waals surface area contributed by atoms with Crippen LogP contribution in [-0.2, 0) is 0 Å². The van der Waals surface area contributed by atoms with E-state index in [4.69, 9.17) is 0 Å². The molecule has 1 unspecified atom stereocenters. The summed E-state index contributed by atoms with van der Waals surface area (Å²) in [7, 11) is 0. The van der Waals surface area contributed by atoms with Crippen LogP contribution in [0.4, 0.5) is 5.69 Å². The molecule has 2 aliphatic heterocycles. The fourth-order valence-corrected chi connectivity index (χ4v) is 3.79. The number of rotatable bonds is 2. The van der Waals surface area contributed by atoms with Crippen molar-refractivity contribution in [3.8, 4) is 0 Å². The van der Waals surface area contributed by atoms with Gasteiger partial charge in [0.15, 0.2) is 0 Å². The molecule has 3 heteroatoms. The number of anilines is 1. The molecule has 2 fully saturated rings. The zero-order valence-electron chi connectivity index (χ0n) is 13.9. The van der Waals surface area contributed by atoms with Crippen molar-refractivity contribution in [3.05, 3.63) is 29.3 Å². The Labute approximate surface area is 129 Å². The Hall–Kier alpha value is -1.06. The Bertz CT molecular complexity index is 501. The maximum absolute atomic E-state index is 3.65. The SMILES string of the molecule is Cc1cccc(N2CCN(C3CNC(C)(C)C3)CC2)c1C. The molecule has 1 aromatic carbocycles. The molecule has 0 amide bonds. The number of hydrogen-bond acceptors (Lipinski definition) is 3. The van der Waals surface area contributed by atoms with E-state index in [1.807, 2.05) is 0 Å². The van der Waals surface area contributed by atoms with Gasteiger partial charge in [-0.1, -0.05) is 12.1 Å². The van der Waals surface area contributed by atoms with Crippen LogP contribution in [0, 0.1) is 13.8 Å². The lowest BCUT2D eigenvalue weighted by Gasteiger charge is -2.39. The first-order valence-corrected chi connectivity index (χ1v) is 8.26. The van der Waals surface area contributed by atoms with E-state index in [0.717, 1.165) is 25.7 Å². The van der Waals surface area contributed by atoms with Crippen LogP contribution in [0.5, 0.6) is 0 Å². The van der Waals surface area contributed by atoms with Crippen LogP contribution in [0.25, 0.3) is 0 Å². The highest BCUT2D eigenvalue weighted by Crippen LogP contribution is 2.26. The highest BCUT2D eigenvalue weighted by molar-refractivity contribution is 5.56. The van der Waals surface area contributed by atoms with Crippen LogP contribution >= 0.6 is 0 Å². The minimum Gasteiger partial charge on any atom is -0.369 e. The first-order chi connectivity index (χ1) is 9.96. The Morgan fingerprint density at radius 1 is 1.10 bits per heavy atom. The summed E-state index contributed by atoms with van der Waals surface area (Å²) in [5.74, 6) is 0. The lowest BCUT2D eigenvalue weighted by molar-refractivity contribution is 0.191. The minimum absolute atomic E-state index is 0.314. The van der Waals surface area contributed by atoms with Crippen molar-refractivity contribution >= 4 is 5.69 Å². The van der Waals surface area contributed by atoms with E-state index in [1.54, 1.807) is 0 Å². The zero-order valence-corrected chi connectivity index (χ0v) is 13.9. The Morgan fingerprint density at radius 2 is 1.81 bits per heavy atom. The second-order valence-corrected chi connectivity index (χ2v) is 7.36. The maximum Gasteiger partial charge on any atom is 0.0399 e. The summed E-state index contributed by atoms with van der Waals surface area (Å²) < 4.78 is 0. The van der Waals surface area contributed by atoms with Crippen LogP contribution in [0.1, 0.15) is 31.4 Å². The van der Waals surface area contributed by atoms with E-state index in [9.17, 15) is 0 Å². The van der Waals surface area contributed by atoms with Crippen molar-refractivity contribution in [2.24, 2.45) is 0 Å². The second kappa shape index (κ2) is 5.62. The third kappa shape index (κ3) is 3.09. The average Bonchev–Trinajstić information content (AvgIpc) is 2.82. The molecule has 3 rings (SSSR count). The number of aryl methyl sites for hydroxylation is 1. The normalized spacial score (nSPS) is 26.3. The van der Waals surface area contributed by atoms with Gasteiger partial charge in [0.2, 0.25) is 0 Å². The van der Waals surface area contributed by atoms with E-state index in [-0.39, 0.29) is 0 Å². The molecule has 21 heavy (non-hydrogen) atoms. The summed E-state index contributed by atoms with van der Waals surface area (Å²) in [6, 6.07) is 7.40. The van der Waals surface area contributed by atoms with Crippen LogP contribution in [0.2, 0.25) is 0 Å². The number of benzene rings is 1. The van der Waals surface area contributed by atoms with Crippen molar-refractivity contribution in [1.29, 1.82) is 0 Å². The zero-order chi connectivity index (χ0) is 15.0. The first kappa shape index (κ1) is 14.9. The topological polar surface area (TPSA) is 18.5 Å². The molecule has 116 valence electrons. The molecular weight excluding hydrogens is 258 g/mol. The maximum atomic E-state index is 3.65. The van der Waals surface area contributed by atoms with Gasteiger partial charge in [-0.2, -0.15) is 0 Å². The van der Waals surface area contributed by atoms with Gasteiger partial charge in [0.25, 0.3) is 0 Å². The molecule has 2 saturated heterocycles. The third-order valence-electron chi connectivity index (χ3n) is 5.31. The molecular formula is C18H29N3. The molecule has 0 spiro atoms. The van der Waals surface area contributed by atoms with Gasteiger partial charge in [0.1, 0.15) is 0 Å². The standard InChI is InChI=1S/C18H29N3/c1-14-6-5-7-17(15(14)2)21-10-8-20(9-11-21)16-12-18(3,4)19-13-16/h5-7,16,19H,8-13H2,1-4H3. The quantitative estimate of drug-likeness (QED) is 0.902. The summed E-state index contributed by atoms with van der Waals surface area (Å²) in [5.41, 5.74) is 4.58. The molecule has 1 N–H and O–H groups in total. The van der Waals surface area contributed by atoms with Gasteiger partial charge >= 0.3 is 0 Å². The number of nitrogens with zero attached hydrogens (tertiary/aromatic N) is 2. The van der Waals surface area contributed by atoms with Gasteiger partial charge in [-0.05, 0) is 51.3 Å². The van der Waals surface area contributed by atoms with Crippen molar-refractivity contribution in [2.75, 3.05) is 37.6 Å². The molecule has 3 nitrogen and oxygen atoms in total. The molecule has 0 bridgehead atoms. The van der Waals surface area contributed by atoms with Gasteiger partial charge in [0.05, 0.1) is 0 Å². The molecule has 1 aromatic rings. The van der Waals surface area contributed by atoms with Gasteiger partial charge in [-0.3, -0.25) is 4.90 Å². The number of hydrogen-bond donors (Lipinski definition) is 1. The lowest BCUT2D eigenvalue weighted by atomic mass is 10.00. The lowest BCUT2D eigenvalue weighted by Crippen LogP contribution is -2.51. The Kier molecular flexibility index (Phi) is 3.98. The third-order valence-corrected chi connectivity index (χ3v) is 5.31. The number of nitrogens with one attached hydrogen (secondary N) is 1. The Balaban J connectivity index is 1.62. The molecule has 0 radical (unpaired) electrons. The van der Waals surface area contributed by atoms with Gasteiger partial charge in [0, 0.05) is 50.0 Å². The van der Waals surface area contributed by atoms with Crippen molar-refractivity contribution in [1.82, 2.24) is 10.2 Å². The highest BCUT2D eigenvalue weighted by Gasteiger charge is 2.35. The fraction of sp³-hybridized carbons (Fsp3) is 0.667. The average molecular weight is 287 g/mol. The fourth-order valence-electron chi connectivity index (χ4n) is 3.79. The molecule has 1 atom stereocenters. The molecule has 0 aliphatic carbocycles. The van der Waals surface area contributed by atoms with Gasteiger partial charge in [-0.25, -0.2) is 0 Å². The molecule has 0 aromatic heterocycles. The van der Waals surface area contributed by atoms with E-state index >= 15 is 0 Å². The first-order valence-electron chi connectivity index (χ1n) is 8.26. The summed E-state index contributed by atoms with van der Waals surface area (Å²) in [6.45, 7) is 14.9. The van der Waals surface area contributed by atoms with Crippen LogP contribution in [0.15, 0.2) is 18.2 Å². The van der Waals surface area contributed by atoms with Crippen molar-refractivity contribution in [3.63, 3.8) is 0 Å². The van der Waals surface area contributed by atoms with Gasteiger partial charge < -0.3 is 10.2 Å². The van der Waals surface area contributed by atoms with Gasteiger partial charge in [-0.15, -0.1) is 0 Å². The predicted molar refractivity (Wildman–Crippen MR) is 90.2 cm³/mol. The smallest absolute Gasteiger partial charge is 0.0399 e. The minimum atomic E-state index is 0.314. The van der Waals surface area contributed by atoms with Crippen LogP contribution in [-0.4, -0.2) is 49.2 Å². The second-order valence-electron chi connectivity index (χ2n) is 7.36. The van der Waals surface area contributed by atoms with Crippen molar-refractivity contribution < 1.29 is 0 Å². The van der Waals surface area contributed by atoms with E-state index < -0.39 is 0 Å². The van der Waals surface area contributed by atoms with E-state index in [1.165, 1.54) is 36.3 Å². The molecule has 2 aliphatic rings.